The smallest absolute Gasteiger partial charge is 0.416 e. The summed E-state index contributed by atoms with van der Waals surface area (Å²) in [5.74, 6) is -1.47. The summed E-state index contributed by atoms with van der Waals surface area (Å²) in [6, 6.07) is 8.10. The number of aromatic hydroxyl groups is 1. The molecule has 2 heterocycles. The Balaban J connectivity index is 1.84. The minimum Gasteiger partial charge on any atom is -0.494 e. The van der Waals surface area contributed by atoms with Crippen molar-refractivity contribution >= 4 is 11.6 Å². The maximum Gasteiger partial charge on any atom is 0.416 e. The third kappa shape index (κ3) is 3.23. The highest BCUT2D eigenvalue weighted by Crippen LogP contribution is 2.40. The van der Waals surface area contributed by atoms with Crippen molar-refractivity contribution in [2.45, 2.75) is 12.4 Å². The topological polar surface area (TPSA) is 65.4 Å². The fourth-order valence-electron chi connectivity index (χ4n) is 3.26. The SMILES string of the molecule is O=C1N=C(c2cccc(C(F)(F)F)c2)c2c(O)[nH]c(-c3cccc(C(F)(F)F)c3)c21. The second-order valence-corrected chi connectivity index (χ2v) is 6.52. The Bertz CT molecular complexity index is 1200. The first-order valence-electron chi connectivity index (χ1n) is 8.40. The zero-order chi connectivity index (χ0) is 21.8. The van der Waals surface area contributed by atoms with Crippen LogP contribution in [0.2, 0.25) is 0 Å². The number of H-pyrrole nitrogens is 1. The lowest BCUT2D eigenvalue weighted by Crippen LogP contribution is -2.07. The van der Waals surface area contributed by atoms with Gasteiger partial charge in [0.05, 0.1) is 33.7 Å². The molecule has 0 saturated carbocycles. The van der Waals surface area contributed by atoms with E-state index < -0.39 is 35.3 Å². The summed E-state index contributed by atoms with van der Waals surface area (Å²) in [5.41, 5.74) is -2.72. The van der Waals surface area contributed by atoms with Crippen molar-refractivity contribution in [3.05, 3.63) is 76.3 Å². The molecule has 0 saturated heterocycles. The normalized spacial score (nSPS) is 14.1. The molecule has 10 heteroatoms. The van der Waals surface area contributed by atoms with E-state index in [1.807, 2.05) is 0 Å². The fraction of sp³-hybridized carbons (Fsp3) is 0.100. The molecule has 1 aromatic heterocycles. The molecule has 30 heavy (non-hydrogen) atoms. The number of fused-ring (bicyclic) bond motifs is 1. The van der Waals surface area contributed by atoms with Gasteiger partial charge in [-0.1, -0.05) is 24.3 Å². The third-order valence-electron chi connectivity index (χ3n) is 4.59. The molecule has 0 unspecified atom stereocenters. The number of carbonyl (C=O) groups is 1. The first-order chi connectivity index (χ1) is 14.0. The van der Waals surface area contributed by atoms with E-state index in [4.69, 9.17) is 0 Å². The van der Waals surface area contributed by atoms with E-state index in [-0.39, 0.29) is 33.7 Å². The van der Waals surface area contributed by atoms with Gasteiger partial charge in [-0.25, -0.2) is 4.99 Å². The molecule has 0 fully saturated rings. The summed E-state index contributed by atoms with van der Waals surface area (Å²) >= 11 is 0. The largest absolute Gasteiger partial charge is 0.494 e. The molecule has 154 valence electrons. The number of rotatable bonds is 2. The van der Waals surface area contributed by atoms with Crippen molar-refractivity contribution in [3.8, 4) is 17.1 Å². The van der Waals surface area contributed by atoms with Crippen LogP contribution in [0.15, 0.2) is 53.5 Å². The van der Waals surface area contributed by atoms with Crippen LogP contribution in [0.1, 0.15) is 32.6 Å². The van der Waals surface area contributed by atoms with Gasteiger partial charge in [0.1, 0.15) is 0 Å². The number of aromatic nitrogens is 1. The van der Waals surface area contributed by atoms with Crippen LogP contribution >= 0.6 is 0 Å². The van der Waals surface area contributed by atoms with Gasteiger partial charge < -0.3 is 10.1 Å². The average molecular weight is 424 g/mol. The zero-order valence-corrected chi connectivity index (χ0v) is 14.7. The molecule has 2 N–H and O–H groups in total. The van der Waals surface area contributed by atoms with Gasteiger partial charge in [-0.3, -0.25) is 4.79 Å². The number of halogens is 6. The maximum atomic E-state index is 13.0. The Kier molecular flexibility index (Phi) is 4.26. The maximum absolute atomic E-state index is 13.0. The molecular weight excluding hydrogens is 414 g/mol. The van der Waals surface area contributed by atoms with E-state index in [1.165, 1.54) is 12.1 Å². The van der Waals surface area contributed by atoms with Crippen LogP contribution in [0.4, 0.5) is 26.3 Å². The lowest BCUT2D eigenvalue weighted by Gasteiger charge is -2.08. The molecule has 1 aliphatic heterocycles. The van der Waals surface area contributed by atoms with E-state index in [1.54, 1.807) is 0 Å². The average Bonchev–Trinajstić information content (AvgIpc) is 3.19. The molecule has 0 aliphatic carbocycles. The Morgan fingerprint density at radius 2 is 1.33 bits per heavy atom. The predicted molar refractivity (Wildman–Crippen MR) is 94.3 cm³/mol. The Hall–Kier alpha value is -3.56. The minimum atomic E-state index is -4.63. The molecule has 4 nitrogen and oxygen atoms in total. The Morgan fingerprint density at radius 3 is 1.90 bits per heavy atom. The number of benzene rings is 2. The fourth-order valence-corrected chi connectivity index (χ4v) is 3.26. The highest BCUT2D eigenvalue weighted by atomic mass is 19.4. The lowest BCUT2D eigenvalue weighted by atomic mass is 9.98. The van der Waals surface area contributed by atoms with E-state index in [0.29, 0.717) is 0 Å². The summed E-state index contributed by atoms with van der Waals surface area (Å²) in [4.78, 5) is 18.6. The Labute approximate surface area is 164 Å². The third-order valence-corrected chi connectivity index (χ3v) is 4.59. The summed E-state index contributed by atoms with van der Waals surface area (Å²) in [5, 5.41) is 10.3. The van der Waals surface area contributed by atoms with Crippen molar-refractivity contribution in [3.63, 3.8) is 0 Å². The number of aromatic amines is 1. The molecule has 0 radical (unpaired) electrons. The predicted octanol–water partition coefficient (Wildman–Crippen LogP) is 5.42. The quantitative estimate of drug-likeness (QED) is 0.540. The van der Waals surface area contributed by atoms with Crippen LogP contribution in [0.25, 0.3) is 11.3 Å². The van der Waals surface area contributed by atoms with E-state index in [0.717, 1.165) is 36.4 Å². The molecule has 3 aromatic rings. The molecule has 4 rings (SSSR count). The van der Waals surface area contributed by atoms with Gasteiger partial charge in [0.2, 0.25) is 0 Å². The van der Waals surface area contributed by atoms with Crippen molar-refractivity contribution < 1.29 is 36.2 Å². The summed E-state index contributed by atoms with van der Waals surface area (Å²) in [6.07, 6.45) is -9.26. The van der Waals surface area contributed by atoms with Gasteiger partial charge in [0.25, 0.3) is 5.91 Å². The van der Waals surface area contributed by atoms with Gasteiger partial charge in [-0.05, 0) is 29.8 Å². The van der Waals surface area contributed by atoms with Crippen molar-refractivity contribution in [1.29, 1.82) is 0 Å². The number of hydrogen-bond acceptors (Lipinski definition) is 2. The zero-order valence-electron chi connectivity index (χ0n) is 14.7. The number of nitrogens with one attached hydrogen (secondary N) is 1. The van der Waals surface area contributed by atoms with Gasteiger partial charge >= 0.3 is 12.4 Å². The highest BCUT2D eigenvalue weighted by Gasteiger charge is 2.36. The second-order valence-electron chi connectivity index (χ2n) is 6.52. The van der Waals surface area contributed by atoms with Crippen molar-refractivity contribution in [2.75, 3.05) is 0 Å². The number of carbonyl (C=O) groups excluding carboxylic acids is 1. The molecule has 0 bridgehead atoms. The van der Waals surface area contributed by atoms with Crippen LogP contribution in [0, 0.1) is 0 Å². The molecule has 0 atom stereocenters. The summed E-state index contributed by atoms with van der Waals surface area (Å²) in [7, 11) is 0. The first-order valence-corrected chi connectivity index (χ1v) is 8.40. The minimum absolute atomic E-state index is 0.0322. The van der Waals surface area contributed by atoms with Crippen LogP contribution in [0.3, 0.4) is 0 Å². The number of nitrogens with zero attached hydrogens (tertiary/aromatic N) is 1. The van der Waals surface area contributed by atoms with Gasteiger partial charge in [0.15, 0.2) is 5.88 Å². The lowest BCUT2D eigenvalue weighted by molar-refractivity contribution is -0.138. The monoisotopic (exact) mass is 424 g/mol. The van der Waals surface area contributed by atoms with Crippen molar-refractivity contribution in [2.24, 2.45) is 4.99 Å². The van der Waals surface area contributed by atoms with Crippen LogP contribution in [-0.4, -0.2) is 21.7 Å². The summed E-state index contributed by atoms with van der Waals surface area (Å²) in [6.45, 7) is 0. The molecule has 2 aromatic carbocycles. The van der Waals surface area contributed by atoms with Gasteiger partial charge in [-0.2, -0.15) is 26.3 Å². The second kappa shape index (κ2) is 6.48. The molecule has 1 aliphatic rings. The van der Waals surface area contributed by atoms with E-state index in [2.05, 4.69) is 9.98 Å². The van der Waals surface area contributed by atoms with Crippen LogP contribution < -0.4 is 0 Å². The highest BCUT2D eigenvalue weighted by molar-refractivity contribution is 6.30. The Morgan fingerprint density at radius 1 is 0.800 bits per heavy atom. The molecule has 0 spiro atoms. The summed E-state index contributed by atoms with van der Waals surface area (Å²) < 4.78 is 78.1. The number of aliphatic imine (C=N–C) groups is 1. The van der Waals surface area contributed by atoms with E-state index in [9.17, 15) is 36.2 Å². The molecule has 1 amide bonds. The molecular formula is C20H10F6N2O2. The number of hydrogen-bond donors (Lipinski definition) is 2. The van der Waals surface area contributed by atoms with Crippen molar-refractivity contribution in [1.82, 2.24) is 4.98 Å². The number of amides is 1. The van der Waals surface area contributed by atoms with Gasteiger partial charge in [-0.15, -0.1) is 0 Å². The van der Waals surface area contributed by atoms with Gasteiger partial charge in [0, 0.05) is 5.56 Å². The standard InChI is InChI=1S/C20H10F6N2O2/c21-19(22,23)11-5-1-3-9(7-11)15-13-14(18(30)27-15)16(28-17(13)29)10-4-2-6-12(8-10)20(24,25)26/h1-8,27,30H. The van der Waals surface area contributed by atoms with Crippen LogP contribution in [-0.2, 0) is 12.4 Å². The number of alkyl halides is 6. The first kappa shape index (κ1) is 19.7. The van der Waals surface area contributed by atoms with Crippen LogP contribution in [0.5, 0.6) is 5.88 Å². The van der Waals surface area contributed by atoms with E-state index >= 15 is 0 Å².